The highest BCUT2D eigenvalue weighted by Gasteiger charge is 2.45. The third-order valence-electron chi connectivity index (χ3n) is 3.44. The van der Waals surface area contributed by atoms with Crippen LogP contribution in [0.5, 0.6) is 5.75 Å². The van der Waals surface area contributed by atoms with Crippen LogP contribution in [0.2, 0.25) is 0 Å². The summed E-state index contributed by atoms with van der Waals surface area (Å²) in [6.07, 6.45) is -8.17. The normalized spacial score (nSPS) is 29.9. The summed E-state index contributed by atoms with van der Waals surface area (Å²) in [7, 11) is 0. The Labute approximate surface area is 133 Å². The van der Waals surface area contributed by atoms with E-state index in [4.69, 9.17) is 14.6 Å². The summed E-state index contributed by atoms with van der Waals surface area (Å²) in [5.74, 6) is -0.571. The fourth-order valence-electron chi connectivity index (χ4n) is 2.15. The number of benzene rings is 1. The van der Waals surface area contributed by atoms with Crippen LogP contribution in [0.3, 0.4) is 0 Å². The van der Waals surface area contributed by atoms with Gasteiger partial charge in [-0.2, -0.15) is 0 Å². The van der Waals surface area contributed by atoms with Gasteiger partial charge in [-0.25, -0.2) is 0 Å². The topological polar surface area (TPSA) is 186 Å². The van der Waals surface area contributed by atoms with E-state index in [-0.39, 0.29) is 0 Å². The van der Waals surface area contributed by atoms with Crippen molar-refractivity contribution >= 4 is 11.4 Å². The second-order valence-corrected chi connectivity index (χ2v) is 4.98. The van der Waals surface area contributed by atoms with Crippen molar-refractivity contribution < 1.29 is 39.7 Å². The van der Waals surface area contributed by atoms with Crippen LogP contribution in [0.1, 0.15) is 0 Å². The Morgan fingerprint density at radius 2 is 1.75 bits per heavy atom. The lowest BCUT2D eigenvalue weighted by Crippen LogP contribution is -2.60. The lowest BCUT2D eigenvalue weighted by Gasteiger charge is -2.39. The van der Waals surface area contributed by atoms with Crippen molar-refractivity contribution in [2.45, 2.75) is 30.7 Å². The molecule has 4 N–H and O–H groups in total. The van der Waals surface area contributed by atoms with Gasteiger partial charge in [0.1, 0.15) is 24.4 Å². The van der Waals surface area contributed by atoms with Crippen LogP contribution in [0.25, 0.3) is 0 Å². The van der Waals surface area contributed by atoms with Crippen molar-refractivity contribution in [3.8, 4) is 5.75 Å². The Bertz CT molecular complexity index is 636. The second kappa shape index (κ2) is 7.02. The highest BCUT2D eigenvalue weighted by atomic mass is 16.7. The lowest BCUT2D eigenvalue weighted by molar-refractivity contribution is -0.390. The Balaban J connectivity index is 2.33. The van der Waals surface area contributed by atoms with Gasteiger partial charge in [0.05, 0.1) is 22.5 Å². The zero-order chi connectivity index (χ0) is 18.0. The third-order valence-corrected chi connectivity index (χ3v) is 3.44. The average molecular weight is 346 g/mol. The number of non-ortho nitro benzene ring substituents is 1. The first-order chi connectivity index (χ1) is 11.3. The molecule has 1 heterocycles. The zero-order valence-corrected chi connectivity index (χ0v) is 12.0. The van der Waals surface area contributed by atoms with Gasteiger partial charge in [-0.1, -0.05) is 0 Å². The van der Waals surface area contributed by atoms with Crippen LogP contribution >= 0.6 is 0 Å². The molecule has 2 rings (SSSR count). The molecule has 0 aliphatic carbocycles. The van der Waals surface area contributed by atoms with Crippen LogP contribution in [-0.4, -0.2) is 67.6 Å². The maximum Gasteiger partial charge on any atom is 0.311 e. The largest absolute Gasteiger partial charge is 0.454 e. The molecule has 1 aromatic carbocycles. The number of hydrogen-bond acceptors (Lipinski definition) is 10. The van der Waals surface area contributed by atoms with E-state index < -0.39 is 64.3 Å². The van der Waals surface area contributed by atoms with Gasteiger partial charge >= 0.3 is 5.69 Å². The van der Waals surface area contributed by atoms with Crippen molar-refractivity contribution in [2.75, 3.05) is 6.61 Å². The second-order valence-electron chi connectivity index (χ2n) is 4.98. The van der Waals surface area contributed by atoms with Crippen molar-refractivity contribution in [1.82, 2.24) is 0 Å². The van der Waals surface area contributed by atoms with Crippen LogP contribution in [-0.2, 0) is 4.74 Å². The molecule has 1 aliphatic heterocycles. The number of nitro benzene ring substituents is 2. The standard InChI is InChI=1S/C12H14N2O10/c15-4-8-9(16)10(17)11(18)12(24-8)23-7-3-5(13(19)20)1-2-6(7)14(21)22/h1-3,8-12,15-18H,4H2/t8-,9-,10+,11+,12?/m1/s1. The highest BCUT2D eigenvalue weighted by molar-refractivity contribution is 5.53. The Hall–Kier alpha value is -2.38. The van der Waals surface area contributed by atoms with Crippen molar-refractivity contribution in [3.63, 3.8) is 0 Å². The highest BCUT2D eigenvalue weighted by Crippen LogP contribution is 2.33. The molecular formula is C12H14N2O10. The van der Waals surface area contributed by atoms with Crippen molar-refractivity contribution in [1.29, 1.82) is 0 Å². The molecule has 1 aliphatic rings. The summed E-state index contributed by atoms with van der Waals surface area (Å²) < 4.78 is 10.1. The molecule has 1 fully saturated rings. The minimum atomic E-state index is -1.80. The molecule has 1 aromatic rings. The summed E-state index contributed by atoms with van der Waals surface area (Å²) in [5, 5.41) is 60.0. The van der Waals surface area contributed by atoms with E-state index in [9.17, 15) is 35.5 Å². The Morgan fingerprint density at radius 1 is 1.08 bits per heavy atom. The van der Waals surface area contributed by atoms with Crippen molar-refractivity contribution in [2.24, 2.45) is 0 Å². The van der Waals surface area contributed by atoms with Gasteiger partial charge in [-0.05, 0) is 0 Å². The average Bonchev–Trinajstić information content (AvgIpc) is 2.54. The van der Waals surface area contributed by atoms with E-state index in [0.717, 1.165) is 18.2 Å². The predicted molar refractivity (Wildman–Crippen MR) is 74.1 cm³/mol. The summed E-state index contributed by atoms with van der Waals surface area (Å²) >= 11 is 0. The molecule has 0 radical (unpaired) electrons. The first-order valence-electron chi connectivity index (χ1n) is 6.66. The lowest BCUT2D eigenvalue weighted by atomic mass is 9.99. The molecule has 0 saturated carbocycles. The minimum absolute atomic E-state index is 0.500. The summed E-state index contributed by atoms with van der Waals surface area (Å²) in [5.41, 5.74) is -1.13. The number of hydrogen-bond donors (Lipinski definition) is 4. The zero-order valence-electron chi connectivity index (χ0n) is 12.0. The minimum Gasteiger partial charge on any atom is -0.454 e. The number of aliphatic hydroxyl groups is 4. The van der Waals surface area contributed by atoms with Gasteiger partial charge in [-0.15, -0.1) is 0 Å². The fourth-order valence-corrected chi connectivity index (χ4v) is 2.15. The van der Waals surface area contributed by atoms with Gasteiger partial charge in [0.2, 0.25) is 12.0 Å². The number of nitrogens with zero attached hydrogens (tertiary/aromatic N) is 2. The van der Waals surface area contributed by atoms with Gasteiger partial charge in [0.15, 0.2) is 0 Å². The number of aliphatic hydroxyl groups excluding tert-OH is 4. The van der Waals surface area contributed by atoms with Gasteiger partial charge in [-0.3, -0.25) is 20.2 Å². The molecule has 24 heavy (non-hydrogen) atoms. The van der Waals surface area contributed by atoms with Gasteiger partial charge in [0, 0.05) is 12.1 Å². The Kier molecular flexibility index (Phi) is 5.26. The van der Waals surface area contributed by atoms with E-state index in [1.165, 1.54) is 0 Å². The van der Waals surface area contributed by atoms with E-state index in [1.807, 2.05) is 0 Å². The van der Waals surface area contributed by atoms with E-state index in [0.29, 0.717) is 0 Å². The molecule has 0 amide bonds. The maximum absolute atomic E-state index is 11.0. The molecule has 5 atom stereocenters. The van der Waals surface area contributed by atoms with E-state index in [1.54, 1.807) is 0 Å². The quantitative estimate of drug-likeness (QED) is 0.368. The van der Waals surface area contributed by atoms with E-state index in [2.05, 4.69) is 0 Å². The van der Waals surface area contributed by atoms with Crippen LogP contribution in [0, 0.1) is 20.2 Å². The first kappa shape index (κ1) is 18.0. The van der Waals surface area contributed by atoms with Crippen LogP contribution in [0.4, 0.5) is 11.4 Å². The maximum atomic E-state index is 11.0. The summed E-state index contributed by atoms with van der Waals surface area (Å²) in [6.45, 7) is -0.720. The predicted octanol–water partition coefficient (Wildman–Crippen LogP) is -1.32. The molecule has 1 saturated heterocycles. The molecule has 132 valence electrons. The molecule has 12 nitrogen and oxygen atoms in total. The van der Waals surface area contributed by atoms with Gasteiger partial charge < -0.3 is 29.9 Å². The van der Waals surface area contributed by atoms with Crippen molar-refractivity contribution in [3.05, 3.63) is 38.4 Å². The molecule has 12 heteroatoms. The summed E-state index contributed by atoms with van der Waals surface area (Å²) in [6, 6.07) is 2.51. The molecule has 0 bridgehead atoms. The molecule has 0 aromatic heterocycles. The number of nitro groups is 2. The third kappa shape index (κ3) is 3.42. The molecular weight excluding hydrogens is 332 g/mol. The van der Waals surface area contributed by atoms with Crippen LogP contribution < -0.4 is 4.74 Å². The number of rotatable bonds is 5. The summed E-state index contributed by atoms with van der Waals surface area (Å²) in [4.78, 5) is 20.1. The monoisotopic (exact) mass is 346 g/mol. The molecule has 1 unspecified atom stereocenters. The molecule has 0 spiro atoms. The first-order valence-corrected chi connectivity index (χ1v) is 6.66. The Morgan fingerprint density at radius 3 is 2.29 bits per heavy atom. The smallest absolute Gasteiger partial charge is 0.311 e. The number of ether oxygens (including phenoxy) is 2. The fraction of sp³-hybridized carbons (Fsp3) is 0.500. The van der Waals surface area contributed by atoms with E-state index >= 15 is 0 Å². The van der Waals surface area contributed by atoms with Gasteiger partial charge in [0.25, 0.3) is 5.69 Å². The SMILES string of the molecule is O=[N+]([O-])c1ccc([N+](=O)[O-])c(OC2O[C@H](CO)[C@@H](O)[C@H](O)[C@@H]2O)c1. The van der Waals surface area contributed by atoms with Crippen LogP contribution in [0.15, 0.2) is 18.2 Å².